The highest BCUT2D eigenvalue weighted by Crippen LogP contribution is 2.25. The number of aromatic hydroxyl groups is 1. The molecule has 0 aliphatic rings. The first-order valence-electron chi connectivity index (χ1n) is 6.86. The zero-order valence-corrected chi connectivity index (χ0v) is 11.6. The maximum absolute atomic E-state index is 9.64. The average molecular weight is 279 g/mol. The number of nitrogens with one attached hydrogen (secondary N) is 1. The monoisotopic (exact) mass is 279 g/mol. The Balaban J connectivity index is 1.86. The van der Waals surface area contributed by atoms with Gasteiger partial charge in [-0.05, 0) is 34.7 Å². The third-order valence-electron chi connectivity index (χ3n) is 3.44. The van der Waals surface area contributed by atoms with Gasteiger partial charge < -0.3 is 16.2 Å². The van der Waals surface area contributed by atoms with Crippen molar-refractivity contribution < 1.29 is 5.11 Å². The standard InChI is InChI=1S/C17H17N3O/c18-10-12-2-1-3-13(8-12)11-20-17-16-9-15(21)5-4-14(16)6-7-19-17/h1-9,21H,10-11,18H2,(H,19,20). The van der Waals surface area contributed by atoms with Crippen LogP contribution in [0.1, 0.15) is 11.1 Å². The van der Waals surface area contributed by atoms with Crippen LogP contribution in [-0.2, 0) is 13.1 Å². The Morgan fingerprint density at radius 1 is 1.05 bits per heavy atom. The predicted molar refractivity (Wildman–Crippen MR) is 85.1 cm³/mol. The molecule has 0 aliphatic carbocycles. The molecular weight excluding hydrogens is 262 g/mol. The minimum Gasteiger partial charge on any atom is -0.508 e. The molecule has 3 rings (SSSR count). The second kappa shape index (κ2) is 5.81. The van der Waals surface area contributed by atoms with E-state index in [-0.39, 0.29) is 5.75 Å². The van der Waals surface area contributed by atoms with Gasteiger partial charge in [0.05, 0.1) is 0 Å². The Bertz CT molecular complexity index is 771. The molecule has 0 radical (unpaired) electrons. The van der Waals surface area contributed by atoms with Gasteiger partial charge in [-0.25, -0.2) is 4.98 Å². The minimum atomic E-state index is 0.240. The summed E-state index contributed by atoms with van der Waals surface area (Å²) >= 11 is 0. The highest BCUT2D eigenvalue weighted by Gasteiger charge is 2.03. The zero-order valence-electron chi connectivity index (χ0n) is 11.6. The van der Waals surface area contributed by atoms with Gasteiger partial charge in [-0.3, -0.25) is 0 Å². The maximum atomic E-state index is 9.64. The van der Waals surface area contributed by atoms with Crippen LogP contribution >= 0.6 is 0 Å². The number of nitrogens with zero attached hydrogens (tertiary/aromatic N) is 1. The highest BCUT2D eigenvalue weighted by atomic mass is 16.3. The van der Waals surface area contributed by atoms with E-state index in [1.807, 2.05) is 24.3 Å². The van der Waals surface area contributed by atoms with Gasteiger partial charge in [-0.2, -0.15) is 0 Å². The number of pyridine rings is 1. The molecule has 1 aromatic heterocycles. The molecule has 4 N–H and O–H groups in total. The molecule has 1 heterocycles. The number of rotatable bonds is 4. The maximum Gasteiger partial charge on any atom is 0.134 e. The van der Waals surface area contributed by atoms with E-state index in [2.05, 4.69) is 22.4 Å². The molecule has 0 amide bonds. The van der Waals surface area contributed by atoms with E-state index in [0.29, 0.717) is 13.1 Å². The molecule has 0 aliphatic heterocycles. The SMILES string of the molecule is NCc1cccc(CNc2nccc3ccc(O)cc23)c1. The van der Waals surface area contributed by atoms with Gasteiger partial charge in [0, 0.05) is 24.7 Å². The van der Waals surface area contributed by atoms with Crippen molar-refractivity contribution in [2.75, 3.05) is 5.32 Å². The molecule has 106 valence electrons. The molecule has 4 nitrogen and oxygen atoms in total. The smallest absolute Gasteiger partial charge is 0.134 e. The topological polar surface area (TPSA) is 71.2 Å². The molecule has 0 saturated carbocycles. The molecule has 2 aromatic carbocycles. The lowest BCUT2D eigenvalue weighted by Gasteiger charge is -2.10. The van der Waals surface area contributed by atoms with Crippen molar-refractivity contribution in [2.45, 2.75) is 13.1 Å². The van der Waals surface area contributed by atoms with Gasteiger partial charge in [0.2, 0.25) is 0 Å². The fraction of sp³-hybridized carbons (Fsp3) is 0.118. The van der Waals surface area contributed by atoms with Crippen LogP contribution in [-0.4, -0.2) is 10.1 Å². The first-order valence-corrected chi connectivity index (χ1v) is 6.86. The fourth-order valence-corrected chi connectivity index (χ4v) is 2.35. The lowest BCUT2D eigenvalue weighted by atomic mass is 10.1. The number of phenols is 1. The van der Waals surface area contributed by atoms with E-state index in [1.165, 1.54) is 0 Å². The van der Waals surface area contributed by atoms with Crippen molar-refractivity contribution in [1.29, 1.82) is 0 Å². The quantitative estimate of drug-likeness (QED) is 0.686. The molecule has 0 bridgehead atoms. The molecule has 0 saturated heterocycles. The predicted octanol–water partition coefficient (Wildman–Crippen LogP) is 3.01. The number of anilines is 1. The van der Waals surface area contributed by atoms with E-state index in [9.17, 15) is 5.11 Å². The Morgan fingerprint density at radius 3 is 2.76 bits per heavy atom. The van der Waals surface area contributed by atoms with Crippen LogP contribution in [0, 0.1) is 0 Å². The number of aromatic nitrogens is 1. The summed E-state index contributed by atoms with van der Waals surface area (Å²) in [5.41, 5.74) is 7.92. The Kier molecular flexibility index (Phi) is 3.71. The first-order chi connectivity index (χ1) is 10.3. The summed E-state index contributed by atoms with van der Waals surface area (Å²) in [4.78, 5) is 4.36. The number of hydrogen-bond acceptors (Lipinski definition) is 4. The van der Waals surface area contributed by atoms with Gasteiger partial charge in [0.15, 0.2) is 0 Å². The third-order valence-corrected chi connectivity index (χ3v) is 3.44. The number of benzene rings is 2. The fourth-order valence-electron chi connectivity index (χ4n) is 2.35. The lowest BCUT2D eigenvalue weighted by molar-refractivity contribution is 0.476. The van der Waals surface area contributed by atoms with Gasteiger partial charge in [-0.1, -0.05) is 30.3 Å². The molecule has 21 heavy (non-hydrogen) atoms. The van der Waals surface area contributed by atoms with Crippen molar-refractivity contribution >= 4 is 16.6 Å². The Morgan fingerprint density at radius 2 is 1.90 bits per heavy atom. The second-order valence-electron chi connectivity index (χ2n) is 4.94. The minimum absolute atomic E-state index is 0.240. The van der Waals surface area contributed by atoms with Crippen LogP contribution in [0.15, 0.2) is 54.7 Å². The first kappa shape index (κ1) is 13.4. The van der Waals surface area contributed by atoms with Crippen molar-refractivity contribution in [3.63, 3.8) is 0 Å². The Labute approximate surface area is 123 Å². The van der Waals surface area contributed by atoms with E-state index >= 15 is 0 Å². The zero-order chi connectivity index (χ0) is 14.7. The molecular formula is C17H17N3O. The summed E-state index contributed by atoms with van der Waals surface area (Å²) in [6, 6.07) is 15.4. The highest BCUT2D eigenvalue weighted by molar-refractivity contribution is 5.92. The van der Waals surface area contributed by atoms with Crippen LogP contribution in [0.2, 0.25) is 0 Å². The van der Waals surface area contributed by atoms with Crippen LogP contribution in [0.4, 0.5) is 5.82 Å². The van der Waals surface area contributed by atoms with E-state index in [4.69, 9.17) is 5.73 Å². The largest absolute Gasteiger partial charge is 0.508 e. The summed E-state index contributed by atoms with van der Waals surface area (Å²) in [5.74, 6) is 1.00. The lowest BCUT2D eigenvalue weighted by Crippen LogP contribution is -2.03. The van der Waals surface area contributed by atoms with E-state index < -0.39 is 0 Å². The Hall–Kier alpha value is -2.59. The van der Waals surface area contributed by atoms with E-state index in [0.717, 1.165) is 27.7 Å². The van der Waals surface area contributed by atoms with Gasteiger partial charge in [0.1, 0.15) is 11.6 Å². The molecule has 0 fully saturated rings. The van der Waals surface area contributed by atoms with Gasteiger partial charge >= 0.3 is 0 Å². The molecule has 4 heteroatoms. The molecule has 0 atom stereocenters. The number of hydrogen-bond donors (Lipinski definition) is 3. The number of phenolic OH excluding ortho intramolecular Hbond substituents is 1. The normalized spacial score (nSPS) is 10.7. The van der Waals surface area contributed by atoms with Crippen LogP contribution in [0.5, 0.6) is 5.75 Å². The van der Waals surface area contributed by atoms with Crippen molar-refractivity contribution in [3.8, 4) is 5.75 Å². The molecule has 0 spiro atoms. The van der Waals surface area contributed by atoms with Crippen molar-refractivity contribution in [3.05, 3.63) is 65.9 Å². The summed E-state index contributed by atoms with van der Waals surface area (Å²) < 4.78 is 0. The van der Waals surface area contributed by atoms with Crippen LogP contribution < -0.4 is 11.1 Å². The molecule has 3 aromatic rings. The molecule has 0 unspecified atom stereocenters. The summed E-state index contributed by atoms with van der Waals surface area (Å²) in [6.07, 6.45) is 1.76. The van der Waals surface area contributed by atoms with E-state index in [1.54, 1.807) is 18.3 Å². The number of nitrogens with two attached hydrogens (primary N) is 1. The third kappa shape index (κ3) is 2.95. The summed E-state index contributed by atoms with van der Waals surface area (Å²) in [6.45, 7) is 1.20. The van der Waals surface area contributed by atoms with Crippen LogP contribution in [0.25, 0.3) is 10.8 Å². The van der Waals surface area contributed by atoms with Crippen molar-refractivity contribution in [1.82, 2.24) is 4.98 Å². The number of fused-ring (bicyclic) bond motifs is 1. The summed E-state index contributed by atoms with van der Waals surface area (Å²) in [5, 5.41) is 14.9. The summed E-state index contributed by atoms with van der Waals surface area (Å²) in [7, 11) is 0. The van der Waals surface area contributed by atoms with Crippen molar-refractivity contribution in [2.24, 2.45) is 5.73 Å². The average Bonchev–Trinajstić information content (AvgIpc) is 2.53. The van der Waals surface area contributed by atoms with Crippen LogP contribution in [0.3, 0.4) is 0 Å². The van der Waals surface area contributed by atoms with Gasteiger partial charge in [0.25, 0.3) is 0 Å². The van der Waals surface area contributed by atoms with Gasteiger partial charge in [-0.15, -0.1) is 0 Å². The second-order valence-corrected chi connectivity index (χ2v) is 4.94.